The van der Waals surface area contributed by atoms with Crippen LogP contribution in [0.3, 0.4) is 0 Å². The Labute approximate surface area is 183 Å². The summed E-state index contributed by atoms with van der Waals surface area (Å²) >= 11 is 0. The molecule has 0 aliphatic carbocycles. The van der Waals surface area contributed by atoms with Gasteiger partial charge in [-0.1, -0.05) is 32.0 Å². The first-order valence-electron chi connectivity index (χ1n) is 11.5. The molecule has 0 N–H and O–H groups in total. The highest BCUT2D eigenvalue weighted by atomic mass is 16.2. The molecule has 7 heteroatoms. The van der Waals surface area contributed by atoms with Crippen LogP contribution in [-0.4, -0.2) is 57.6 Å². The second-order valence-corrected chi connectivity index (χ2v) is 9.23. The van der Waals surface area contributed by atoms with Gasteiger partial charge in [0.2, 0.25) is 5.91 Å². The average Bonchev–Trinajstić information content (AvgIpc) is 2.80. The third-order valence-electron chi connectivity index (χ3n) is 6.41. The van der Waals surface area contributed by atoms with E-state index in [0.29, 0.717) is 48.9 Å². The molecule has 0 radical (unpaired) electrons. The molecule has 0 atom stereocenters. The predicted octanol–water partition coefficient (Wildman–Crippen LogP) is 2.92. The second kappa shape index (κ2) is 9.20. The molecule has 7 nitrogen and oxygen atoms in total. The molecule has 2 aliphatic heterocycles. The van der Waals surface area contributed by atoms with Gasteiger partial charge in [0.1, 0.15) is 0 Å². The summed E-state index contributed by atoms with van der Waals surface area (Å²) in [6.07, 6.45) is 4.76. The van der Waals surface area contributed by atoms with Gasteiger partial charge in [-0.2, -0.15) is 5.10 Å². The van der Waals surface area contributed by atoms with Crippen LogP contribution in [0.4, 0.5) is 0 Å². The Morgan fingerprint density at radius 2 is 1.61 bits per heavy atom. The van der Waals surface area contributed by atoms with Crippen molar-refractivity contribution in [1.82, 2.24) is 19.6 Å². The number of piperidine rings is 2. The molecule has 166 valence electrons. The number of hydrogen-bond acceptors (Lipinski definition) is 4. The Morgan fingerprint density at radius 3 is 2.26 bits per heavy atom. The first-order chi connectivity index (χ1) is 15.0. The lowest BCUT2D eigenvalue weighted by atomic mass is 9.94. The molecule has 2 aliphatic rings. The highest BCUT2D eigenvalue weighted by Gasteiger charge is 2.32. The van der Waals surface area contributed by atoms with Crippen LogP contribution in [0.2, 0.25) is 0 Å². The number of likely N-dealkylation sites (tertiary alicyclic amines) is 2. The quantitative estimate of drug-likeness (QED) is 0.756. The van der Waals surface area contributed by atoms with E-state index in [1.807, 2.05) is 30.9 Å². The SMILES string of the molecule is CC(C)Cn1nc(C(=O)N2CCC(C(=O)N3CCCCC3)CC2)c2ccccc2c1=O. The summed E-state index contributed by atoms with van der Waals surface area (Å²) in [6.45, 7) is 7.33. The zero-order valence-corrected chi connectivity index (χ0v) is 18.5. The minimum Gasteiger partial charge on any atom is -0.342 e. The lowest BCUT2D eigenvalue weighted by Gasteiger charge is -2.35. The van der Waals surface area contributed by atoms with E-state index in [0.717, 1.165) is 25.9 Å². The largest absolute Gasteiger partial charge is 0.342 e. The summed E-state index contributed by atoms with van der Waals surface area (Å²) in [4.78, 5) is 42.8. The van der Waals surface area contributed by atoms with Crippen molar-refractivity contribution in [3.63, 3.8) is 0 Å². The predicted molar refractivity (Wildman–Crippen MR) is 120 cm³/mol. The first-order valence-corrected chi connectivity index (χ1v) is 11.5. The van der Waals surface area contributed by atoms with E-state index in [2.05, 4.69) is 5.10 Å². The van der Waals surface area contributed by atoms with E-state index in [-0.39, 0.29) is 29.2 Å². The van der Waals surface area contributed by atoms with Crippen molar-refractivity contribution >= 4 is 22.6 Å². The van der Waals surface area contributed by atoms with Gasteiger partial charge in [0.05, 0.1) is 5.39 Å². The smallest absolute Gasteiger partial charge is 0.274 e. The average molecular weight is 425 g/mol. The third kappa shape index (κ3) is 4.50. The molecule has 2 amide bonds. The van der Waals surface area contributed by atoms with E-state index in [4.69, 9.17) is 0 Å². The van der Waals surface area contributed by atoms with Gasteiger partial charge in [0.25, 0.3) is 11.5 Å². The van der Waals surface area contributed by atoms with E-state index >= 15 is 0 Å². The highest BCUT2D eigenvalue weighted by molar-refractivity contribution is 6.04. The van der Waals surface area contributed by atoms with Crippen LogP contribution in [0.25, 0.3) is 10.8 Å². The zero-order valence-electron chi connectivity index (χ0n) is 18.5. The van der Waals surface area contributed by atoms with E-state index in [1.165, 1.54) is 11.1 Å². The van der Waals surface area contributed by atoms with Crippen LogP contribution in [0.15, 0.2) is 29.1 Å². The van der Waals surface area contributed by atoms with Crippen molar-refractivity contribution in [3.8, 4) is 0 Å². The molecule has 1 aromatic heterocycles. The molecule has 4 rings (SSSR count). The number of aromatic nitrogens is 2. The van der Waals surface area contributed by atoms with Crippen LogP contribution in [0.1, 0.15) is 56.4 Å². The van der Waals surface area contributed by atoms with E-state index in [9.17, 15) is 14.4 Å². The van der Waals surface area contributed by atoms with Gasteiger partial charge in [-0.3, -0.25) is 14.4 Å². The Morgan fingerprint density at radius 1 is 0.968 bits per heavy atom. The molecule has 0 unspecified atom stereocenters. The van der Waals surface area contributed by atoms with Crippen LogP contribution in [-0.2, 0) is 11.3 Å². The second-order valence-electron chi connectivity index (χ2n) is 9.23. The van der Waals surface area contributed by atoms with Gasteiger partial charge in [-0.15, -0.1) is 0 Å². The van der Waals surface area contributed by atoms with Gasteiger partial charge in [0.15, 0.2) is 5.69 Å². The van der Waals surface area contributed by atoms with Crippen LogP contribution in [0, 0.1) is 11.8 Å². The molecule has 31 heavy (non-hydrogen) atoms. The number of nitrogens with zero attached hydrogens (tertiary/aromatic N) is 4. The van der Waals surface area contributed by atoms with Crippen molar-refractivity contribution in [2.45, 2.75) is 52.5 Å². The standard InChI is InChI=1S/C24H32N4O3/c1-17(2)16-28-23(30)20-9-5-4-8-19(20)21(25-28)24(31)27-14-10-18(11-15-27)22(29)26-12-6-3-7-13-26/h4-5,8-9,17-18H,3,6-7,10-16H2,1-2H3. The van der Waals surface area contributed by atoms with Crippen molar-refractivity contribution in [1.29, 1.82) is 0 Å². The molecule has 1 aromatic carbocycles. The van der Waals surface area contributed by atoms with Gasteiger partial charge >= 0.3 is 0 Å². The number of fused-ring (bicyclic) bond motifs is 1. The van der Waals surface area contributed by atoms with Crippen molar-refractivity contribution in [2.75, 3.05) is 26.2 Å². The summed E-state index contributed by atoms with van der Waals surface area (Å²) in [6, 6.07) is 7.20. The topological polar surface area (TPSA) is 75.5 Å². The summed E-state index contributed by atoms with van der Waals surface area (Å²) in [7, 11) is 0. The van der Waals surface area contributed by atoms with E-state index in [1.54, 1.807) is 17.0 Å². The fourth-order valence-corrected chi connectivity index (χ4v) is 4.71. The summed E-state index contributed by atoms with van der Waals surface area (Å²) in [5.74, 6) is 0.339. The molecule has 2 saturated heterocycles. The summed E-state index contributed by atoms with van der Waals surface area (Å²) in [5.41, 5.74) is 0.170. The molecule has 3 heterocycles. The molecule has 2 aromatic rings. The van der Waals surface area contributed by atoms with Crippen LogP contribution >= 0.6 is 0 Å². The number of carbonyl (C=O) groups is 2. The lowest BCUT2D eigenvalue weighted by molar-refractivity contribution is -0.137. The minimum absolute atomic E-state index is 0.00162. The molecule has 2 fully saturated rings. The molecular formula is C24H32N4O3. The number of amides is 2. The Kier molecular flexibility index (Phi) is 6.39. The van der Waals surface area contributed by atoms with Gasteiger partial charge in [-0.25, -0.2) is 4.68 Å². The third-order valence-corrected chi connectivity index (χ3v) is 6.41. The molecule has 0 bridgehead atoms. The molecule has 0 saturated carbocycles. The van der Waals surface area contributed by atoms with Crippen LogP contribution in [0.5, 0.6) is 0 Å². The van der Waals surface area contributed by atoms with Crippen LogP contribution < -0.4 is 5.56 Å². The zero-order chi connectivity index (χ0) is 22.0. The summed E-state index contributed by atoms with van der Waals surface area (Å²) in [5, 5.41) is 5.61. The maximum Gasteiger partial charge on any atom is 0.274 e. The number of hydrogen-bond donors (Lipinski definition) is 0. The Bertz CT molecular complexity index is 1020. The maximum absolute atomic E-state index is 13.4. The first kappa shape index (κ1) is 21.5. The number of carbonyl (C=O) groups excluding carboxylic acids is 2. The minimum atomic E-state index is -0.160. The Hall–Kier alpha value is -2.70. The summed E-state index contributed by atoms with van der Waals surface area (Å²) < 4.78 is 1.42. The molecular weight excluding hydrogens is 392 g/mol. The van der Waals surface area contributed by atoms with Gasteiger partial charge < -0.3 is 9.80 Å². The Balaban J connectivity index is 1.53. The monoisotopic (exact) mass is 424 g/mol. The highest BCUT2D eigenvalue weighted by Crippen LogP contribution is 2.24. The van der Waals surface area contributed by atoms with Gasteiger partial charge in [-0.05, 0) is 44.1 Å². The van der Waals surface area contributed by atoms with E-state index < -0.39 is 0 Å². The lowest BCUT2D eigenvalue weighted by Crippen LogP contribution is -2.46. The normalized spacial score (nSPS) is 18.0. The maximum atomic E-state index is 13.4. The van der Waals surface area contributed by atoms with Crippen molar-refractivity contribution in [3.05, 3.63) is 40.3 Å². The van der Waals surface area contributed by atoms with Crippen molar-refractivity contribution in [2.24, 2.45) is 11.8 Å². The molecule has 0 spiro atoms. The van der Waals surface area contributed by atoms with Crippen molar-refractivity contribution < 1.29 is 9.59 Å². The number of rotatable bonds is 4. The fraction of sp³-hybridized carbons (Fsp3) is 0.583. The number of benzene rings is 1. The fourth-order valence-electron chi connectivity index (χ4n) is 4.71. The van der Waals surface area contributed by atoms with Gasteiger partial charge in [0, 0.05) is 44.0 Å².